The second-order valence-corrected chi connectivity index (χ2v) is 9.60. The van der Waals surface area contributed by atoms with Crippen LogP contribution in [0.1, 0.15) is 31.2 Å². The van der Waals surface area contributed by atoms with Gasteiger partial charge in [0, 0.05) is 25.2 Å². The second-order valence-electron chi connectivity index (χ2n) is 9.60. The fraction of sp³-hybridized carbons (Fsp3) is 0.462. The van der Waals surface area contributed by atoms with Crippen LogP contribution in [-0.4, -0.2) is 40.4 Å². The predicted octanol–water partition coefficient (Wildman–Crippen LogP) is 5.39. The van der Waals surface area contributed by atoms with Gasteiger partial charge < -0.3 is 9.64 Å². The number of hydrogen-bond donors (Lipinski definition) is 0. The predicted molar refractivity (Wildman–Crippen MR) is 125 cm³/mol. The van der Waals surface area contributed by atoms with E-state index >= 15 is 0 Å². The molecule has 2 fully saturated rings. The number of aromatic nitrogens is 2. The molecule has 5 rings (SSSR count). The Morgan fingerprint density at radius 3 is 2.59 bits per heavy atom. The van der Waals surface area contributed by atoms with Crippen molar-refractivity contribution >= 4 is 10.9 Å². The maximum atomic E-state index is 13.7. The number of nitrogens with zero attached hydrogens (tertiary/aromatic N) is 3. The van der Waals surface area contributed by atoms with Crippen molar-refractivity contribution in [2.24, 2.45) is 11.8 Å². The first-order valence-electron chi connectivity index (χ1n) is 11.9. The summed E-state index contributed by atoms with van der Waals surface area (Å²) >= 11 is 0. The van der Waals surface area contributed by atoms with Gasteiger partial charge in [0.05, 0.1) is 10.9 Å². The van der Waals surface area contributed by atoms with Crippen molar-refractivity contribution in [1.82, 2.24) is 14.5 Å². The van der Waals surface area contributed by atoms with Crippen LogP contribution in [0.3, 0.4) is 0 Å². The van der Waals surface area contributed by atoms with E-state index in [0.29, 0.717) is 17.9 Å². The number of fused-ring (bicyclic) bond motifs is 1. The van der Waals surface area contributed by atoms with Gasteiger partial charge in [-0.05, 0) is 74.8 Å². The molecule has 2 heterocycles. The van der Waals surface area contributed by atoms with Gasteiger partial charge in [-0.15, -0.1) is 13.2 Å². The van der Waals surface area contributed by atoms with E-state index in [1.54, 1.807) is 4.57 Å². The monoisotopic (exact) mass is 471 g/mol. The Hall–Kier alpha value is -2.87. The number of hydrogen-bond acceptors (Lipinski definition) is 4. The lowest BCUT2D eigenvalue weighted by molar-refractivity contribution is -0.274. The van der Waals surface area contributed by atoms with Crippen molar-refractivity contribution in [2.75, 3.05) is 19.6 Å². The number of rotatable bonds is 6. The molecule has 1 aliphatic heterocycles. The zero-order valence-corrected chi connectivity index (χ0v) is 19.1. The minimum atomic E-state index is -4.83. The van der Waals surface area contributed by atoms with Crippen LogP contribution < -0.4 is 10.3 Å². The summed E-state index contributed by atoms with van der Waals surface area (Å²) in [6.45, 7) is 5.57. The maximum Gasteiger partial charge on any atom is 0.573 e. The van der Waals surface area contributed by atoms with E-state index in [9.17, 15) is 18.0 Å². The molecule has 1 saturated carbocycles. The van der Waals surface area contributed by atoms with Crippen molar-refractivity contribution in [3.8, 4) is 17.1 Å². The lowest BCUT2D eigenvalue weighted by Crippen LogP contribution is -2.39. The van der Waals surface area contributed by atoms with Gasteiger partial charge in [0.1, 0.15) is 11.6 Å². The van der Waals surface area contributed by atoms with Crippen LogP contribution in [0.25, 0.3) is 22.3 Å². The van der Waals surface area contributed by atoms with Crippen molar-refractivity contribution in [1.29, 1.82) is 0 Å². The van der Waals surface area contributed by atoms with Gasteiger partial charge in [-0.3, -0.25) is 9.36 Å². The highest BCUT2D eigenvalue weighted by molar-refractivity contribution is 5.81. The molecular formula is C26H28F3N3O2. The first-order valence-corrected chi connectivity index (χ1v) is 11.9. The van der Waals surface area contributed by atoms with Gasteiger partial charge in [-0.2, -0.15) is 0 Å². The minimum Gasteiger partial charge on any atom is -0.406 e. The number of piperidine rings is 1. The molecule has 0 radical (unpaired) electrons. The van der Waals surface area contributed by atoms with Gasteiger partial charge in [-0.25, -0.2) is 4.98 Å². The van der Waals surface area contributed by atoms with Crippen LogP contribution in [0.5, 0.6) is 5.75 Å². The molecule has 5 nitrogen and oxygen atoms in total. The third kappa shape index (κ3) is 5.12. The van der Waals surface area contributed by atoms with Gasteiger partial charge in [0.2, 0.25) is 0 Å². The van der Waals surface area contributed by atoms with Crippen molar-refractivity contribution < 1.29 is 17.9 Å². The molecule has 0 N–H and O–H groups in total. The lowest BCUT2D eigenvalue weighted by Gasteiger charge is -2.33. The highest BCUT2D eigenvalue weighted by Crippen LogP contribution is 2.32. The Balaban J connectivity index is 1.56. The zero-order chi connectivity index (χ0) is 23.9. The first kappa shape index (κ1) is 22.9. The molecular weight excluding hydrogens is 443 g/mol. The second kappa shape index (κ2) is 9.06. The normalized spacial score (nSPS) is 19.5. The highest BCUT2D eigenvalue weighted by atomic mass is 19.4. The molecule has 0 bridgehead atoms. The minimum absolute atomic E-state index is 0.129. The topological polar surface area (TPSA) is 47.4 Å². The fourth-order valence-electron chi connectivity index (χ4n) is 4.99. The third-order valence-electron chi connectivity index (χ3n) is 6.80. The van der Waals surface area contributed by atoms with Crippen LogP contribution in [-0.2, 0) is 6.54 Å². The number of ether oxygens (including phenoxy) is 1. The Labute approximate surface area is 196 Å². The average molecular weight is 472 g/mol. The molecule has 1 atom stereocenters. The molecule has 2 aliphatic rings. The van der Waals surface area contributed by atoms with Crippen LogP contribution in [0.2, 0.25) is 0 Å². The summed E-state index contributed by atoms with van der Waals surface area (Å²) in [6.07, 6.45) is -0.134. The van der Waals surface area contributed by atoms with Gasteiger partial charge in [0.15, 0.2) is 0 Å². The summed E-state index contributed by atoms with van der Waals surface area (Å²) in [7, 11) is 0. The lowest BCUT2D eigenvalue weighted by atomic mass is 9.97. The first-order chi connectivity index (χ1) is 16.3. The number of benzene rings is 2. The van der Waals surface area contributed by atoms with E-state index in [2.05, 4.69) is 9.64 Å². The Kier molecular flexibility index (Phi) is 6.10. The summed E-state index contributed by atoms with van der Waals surface area (Å²) in [4.78, 5) is 20.9. The molecule has 34 heavy (non-hydrogen) atoms. The largest absolute Gasteiger partial charge is 0.573 e. The van der Waals surface area contributed by atoms with Crippen molar-refractivity contribution in [3.63, 3.8) is 0 Å². The van der Waals surface area contributed by atoms with E-state index in [1.165, 1.54) is 25.0 Å². The molecule has 180 valence electrons. The summed E-state index contributed by atoms with van der Waals surface area (Å²) in [5, 5.41) is 0.129. The van der Waals surface area contributed by atoms with E-state index in [-0.39, 0.29) is 16.9 Å². The molecule has 0 spiro atoms. The Bertz CT molecular complexity index is 1250. The fourth-order valence-corrected chi connectivity index (χ4v) is 4.99. The van der Waals surface area contributed by atoms with Gasteiger partial charge >= 0.3 is 6.36 Å². The van der Waals surface area contributed by atoms with E-state index < -0.39 is 12.1 Å². The van der Waals surface area contributed by atoms with Crippen LogP contribution >= 0.6 is 0 Å². The van der Waals surface area contributed by atoms with Gasteiger partial charge in [-0.1, -0.05) is 24.3 Å². The van der Waals surface area contributed by atoms with Crippen LogP contribution in [0, 0.1) is 18.8 Å². The Morgan fingerprint density at radius 2 is 1.85 bits per heavy atom. The number of alkyl halides is 3. The molecule has 3 aromatic rings. The summed E-state index contributed by atoms with van der Waals surface area (Å²) in [6, 6.07) is 11.5. The maximum absolute atomic E-state index is 13.7. The SMILES string of the molecule is Cc1ccccc1-c1nc2ccc(OC(F)(F)F)cc2c(=O)n1CC1CCCN(CC2CC2)C1. The van der Waals surface area contributed by atoms with E-state index in [0.717, 1.165) is 55.6 Å². The summed E-state index contributed by atoms with van der Waals surface area (Å²) in [5.41, 5.74) is 1.85. The number of likely N-dealkylation sites (tertiary alicyclic amines) is 1. The van der Waals surface area contributed by atoms with Gasteiger partial charge in [0.25, 0.3) is 5.56 Å². The standard InChI is InChI=1S/C26H28F3N3O2/c1-17-5-2-3-7-21(17)24-30-23-11-10-20(34-26(27,28)29)13-22(23)25(33)32(24)16-19-6-4-12-31(15-19)14-18-8-9-18/h2-3,5,7,10-11,13,18-19H,4,6,8-9,12,14-16H2,1H3. The quantitative estimate of drug-likeness (QED) is 0.484. The molecule has 1 unspecified atom stereocenters. The molecule has 2 aromatic carbocycles. The Morgan fingerprint density at radius 1 is 1.06 bits per heavy atom. The zero-order valence-electron chi connectivity index (χ0n) is 19.1. The van der Waals surface area contributed by atoms with Crippen molar-refractivity contribution in [2.45, 2.75) is 45.5 Å². The smallest absolute Gasteiger partial charge is 0.406 e. The summed E-state index contributed by atoms with van der Waals surface area (Å²) in [5.74, 6) is 1.22. The number of halogens is 3. The number of aryl methyl sites for hydroxylation is 1. The molecule has 1 aromatic heterocycles. The van der Waals surface area contributed by atoms with E-state index in [1.807, 2.05) is 31.2 Å². The third-order valence-corrected chi connectivity index (χ3v) is 6.80. The van der Waals surface area contributed by atoms with Crippen LogP contribution in [0.4, 0.5) is 13.2 Å². The molecule has 1 aliphatic carbocycles. The molecule has 8 heteroatoms. The van der Waals surface area contributed by atoms with E-state index in [4.69, 9.17) is 4.98 Å². The molecule has 0 amide bonds. The van der Waals surface area contributed by atoms with Crippen LogP contribution in [0.15, 0.2) is 47.3 Å². The molecule has 1 saturated heterocycles. The highest BCUT2D eigenvalue weighted by Gasteiger charge is 2.32. The van der Waals surface area contributed by atoms with Crippen molar-refractivity contribution in [3.05, 3.63) is 58.4 Å². The summed E-state index contributed by atoms with van der Waals surface area (Å²) < 4.78 is 44.0. The average Bonchev–Trinajstić information content (AvgIpc) is 3.60.